The van der Waals surface area contributed by atoms with Gasteiger partial charge in [0, 0.05) is 24.6 Å². The summed E-state index contributed by atoms with van der Waals surface area (Å²) >= 11 is 0. The Morgan fingerprint density at radius 2 is 1.83 bits per heavy atom. The summed E-state index contributed by atoms with van der Waals surface area (Å²) in [6.45, 7) is 1.73. The molecule has 0 radical (unpaired) electrons. The lowest BCUT2D eigenvalue weighted by Gasteiger charge is -2.08. The Morgan fingerprint density at radius 1 is 1.28 bits per heavy atom. The van der Waals surface area contributed by atoms with Crippen molar-refractivity contribution in [2.24, 2.45) is 5.73 Å². The van der Waals surface area contributed by atoms with E-state index in [1.807, 2.05) is 0 Å². The topological polar surface area (TPSA) is 55.1 Å². The Balaban J connectivity index is 0.00000289. The van der Waals surface area contributed by atoms with Crippen molar-refractivity contribution < 1.29 is 18.0 Å². The highest BCUT2D eigenvalue weighted by molar-refractivity contribution is 5.90. The van der Waals surface area contributed by atoms with Crippen LogP contribution in [0, 0.1) is 17.5 Å². The fourth-order valence-electron chi connectivity index (χ4n) is 1.19. The lowest BCUT2D eigenvalue weighted by atomic mass is 10.2. The molecule has 0 aliphatic heterocycles. The molecule has 0 saturated heterocycles. The molecule has 0 aliphatic rings. The number of carbonyl (C=O) groups is 1. The molecule has 3 nitrogen and oxygen atoms in total. The number of benzene rings is 1. The zero-order chi connectivity index (χ0) is 13.0. The molecule has 0 saturated carbocycles. The molecule has 0 bridgehead atoms. The molecule has 1 amide bonds. The Morgan fingerprint density at radius 3 is 2.39 bits per heavy atom. The molecule has 7 heteroatoms. The van der Waals surface area contributed by atoms with Crippen molar-refractivity contribution in [1.82, 2.24) is 0 Å². The van der Waals surface area contributed by atoms with Crippen LogP contribution < -0.4 is 11.1 Å². The molecule has 1 unspecified atom stereocenters. The number of hydrogen-bond donors (Lipinski definition) is 2. The summed E-state index contributed by atoms with van der Waals surface area (Å²) < 4.78 is 38.6. The zero-order valence-corrected chi connectivity index (χ0v) is 10.5. The second-order valence-corrected chi connectivity index (χ2v) is 3.81. The first kappa shape index (κ1) is 16.7. The molecule has 1 aromatic carbocycles. The van der Waals surface area contributed by atoms with Crippen LogP contribution in [0.3, 0.4) is 0 Å². The maximum Gasteiger partial charge on any atom is 0.224 e. The van der Waals surface area contributed by atoms with Crippen LogP contribution in [0.5, 0.6) is 0 Å². The molecule has 0 aliphatic carbocycles. The Labute approximate surface area is 109 Å². The normalized spacial score (nSPS) is 11.6. The van der Waals surface area contributed by atoms with E-state index in [1.165, 1.54) is 0 Å². The van der Waals surface area contributed by atoms with Crippen LogP contribution in [0.25, 0.3) is 0 Å². The van der Waals surface area contributed by atoms with Crippen molar-refractivity contribution in [2.45, 2.75) is 25.8 Å². The van der Waals surface area contributed by atoms with Crippen molar-refractivity contribution >= 4 is 24.0 Å². The molecule has 1 aromatic rings. The summed E-state index contributed by atoms with van der Waals surface area (Å²) in [5.41, 5.74) is 5.07. The number of carbonyl (C=O) groups excluding carboxylic acids is 1. The number of nitrogens with two attached hydrogens (primary N) is 1. The molecule has 18 heavy (non-hydrogen) atoms. The third-order valence-corrected chi connectivity index (χ3v) is 2.11. The van der Waals surface area contributed by atoms with Gasteiger partial charge in [-0.05, 0) is 13.3 Å². The van der Waals surface area contributed by atoms with Crippen LogP contribution in [0.4, 0.5) is 18.9 Å². The van der Waals surface area contributed by atoms with Gasteiger partial charge in [-0.2, -0.15) is 0 Å². The van der Waals surface area contributed by atoms with Gasteiger partial charge in [0.05, 0.1) is 5.69 Å². The van der Waals surface area contributed by atoms with E-state index in [-0.39, 0.29) is 30.6 Å². The van der Waals surface area contributed by atoms with Gasteiger partial charge in [0.15, 0.2) is 11.6 Å². The number of rotatable bonds is 4. The van der Waals surface area contributed by atoms with E-state index in [9.17, 15) is 18.0 Å². The van der Waals surface area contributed by atoms with Crippen molar-refractivity contribution in [2.75, 3.05) is 5.32 Å². The second kappa shape index (κ2) is 7.23. The van der Waals surface area contributed by atoms with Crippen LogP contribution >= 0.6 is 12.4 Å². The average molecular weight is 283 g/mol. The predicted molar refractivity (Wildman–Crippen MR) is 65.1 cm³/mol. The van der Waals surface area contributed by atoms with Crippen molar-refractivity contribution in [3.05, 3.63) is 29.6 Å². The third-order valence-electron chi connectivity index (χ3n) is 2.11. The smallest absolute Gasteiger partial charge is 0.224 e. The minimum Gasteiger partial charge on any atom is -0.328 e. The van der Waals surface area contributed by atoms with Crippen molar-refractivity contribution in [3.63, 3.8) is 0 Å². The largest absolute Gasteiger partial charge is 0.328 e. The van der Waals surface area contributed by atoms with E-state index in [4.69, 9.17) is 5.73 Å². The van der Waals surface area contributed by atoms with Crippen LogP contribution in [-0.4, -0.2) is 11.9 Å². The Kier molecular flexibility index (Phi) is 6.72. The molecule has 102 valence electrons. The first-order valence-corrected chi connectivity index (χ1v) is 5.10. The number of hydrogen-bond acceptors (Lipinski definition) is 2. The van der Waals surface area contributed by atoms with Gasteiger partial charge < -0.3 is 11.1 Å². The fourth-order valence-corrected chi connectivity index (χ4v) is 1.19. The predicted octanol–water partition coefficient (Wildman–Crippen LogP) is 2.59. The third kappa shape index (κ3) is 4.93. The second-order valence-electron chi connectivity index (χ2n) is 3.81. The van der Waals surface area contributed by atoms with E-state index in [0.29, 0.717) is 18.6 Å². The highest BCUT2D eigenvalue weighted by atomic mass is 35.5. The van der Waals surface area contributed by atoms with E-state index < -0.39 is 23.4 Å². The molecular weight excluding hydrogens is 269 g/mol. The van der Waals surface area contributed by atoms with E-state index >= 15 is 0 Å². The molecule has 1 rings (SSSR count). The highest BCUT2D eigenvalue weighted by Crippen LogP contribution is 2.18. The lowest BCUT2D eigenvalue weighted by molar-refractivity contribution is -0.116. The molecule has 0 aromatic heterocycles. The maximum absolute atomic E-state index is 13.1. The lowest BCUT2D eigenvalue weighted by Crippen LogP contribution is -2.20. The van der Waals surface area contributed by atoms with Gasteiger partial charge in [-0.3, -0.25) is 4.79 Å². The minimum absolute atomic E-state index is 0. The zero-order valence-electron chi connectivity index (χ0n) is 9.67. The molecule has 0 heterocycles. The van der Waals surface area contributed by atoms with E-state index in [1.54, 1.807) is 6.92 Å². The number of anilines is 1. The van der Waals surface area contributed by atoms with Crippen LogP contribution in [0.2, 0.25) is 0 Å². The SMILES string of the molecule is CC(N)CCC(=O)Nc1cc(F)c(F)cc1F.Cl. The van der Waals surface area contributed by atoms with Gasteiger partial charge in [-0.15, -0.1) is 12.4 Å². The number of halogens is 4. The number of nitrogens with one attached hydrogen (secondary N) is 1. The maximum atomic E-state index is 13.1. The molecular formula is C11H14ClF3N2O. The first-order valence-electron chi connectivity index (χ1n) is 5.10. The van der Waals surface area contributed by atoms with Gasteiger partial charge in [0.1, 0.15) is 5.82 Å². The standard InChI is InChI=1S/C11H13F3N2O.ClH/c1-6(15)2-3-11(17)16-10-5-8(13)7(12)4-9(10)14;/h4-6H,2-3,15H2,1H3,(H,16,17);1H. The van der Waals surface area contributed by atoms with Crippen LogP contribution in [-0.2, 0) is 4.79 Å². The molecule has 3 N–H and O–H groups in total. The summed E-state index contributed by atoms with van der Waals surface area (Å²) in [6.07, 6.45) is 0.521. The minimum atomic E-state index is -1.30. The van der Waals surface area contributed by atoms with Crippen molar-refractivity contribution in [1.29, 1.82) is 0 Å². The average Bonchev–Trinajstić information content (AvgIpc) is 2.23. The molecule has 1 atom stereocenters. The monoisotopic (exact) mass is 282 g/mol. The van der Waals surface area contributed by atoms with Gasteiger partial charge >= 0.3 is 0 Å². The fraction of sp³-hybridized carbons (Fsp3) is 0.364. The van der Waals surface area contributed by atoms with Crippen LogP contribution in [0.1, 0.15) is 19.8 Å². The van der Waals surface area contributed by atoms with Crippen LogP contribution in [0.15, 0.2) is 12.1 Å². The van der Waals surface area contributed by atoms with Gasteiger partial charge in [0.2, 0.25) is 5.91 Å². The van der Waals surface area contributed by atoms with Crippen molar-refractivity contribution in [3.8, 4) is 0 Å². The summed E-state index contributed by atoms with van der Waals surface area (Å²) in [6, 6.07) is 0.834. The van der Waals surface area contributed by atoms with E-state index in [0.717, 1.165) is 0 Å². The molecule has 0 spiro atoms. The summed E-state index contributed by atoms with van der Waals surface area (Å²) in [5.74, 6) is -4.02. The summed E-state index contributed by atoms with van der Waals surface area (Å²) in [7, 11) is 0. The highest BCUT2D eigenvalue weighted by Gasteiger charge is 2.12. The van der Waals surface area contributed by atoms with Gasteiger partial charge in [-0.1, -0.05) is 0 Å². The quantitative estimate of drug-likeness (QED) is 0.834. The summed E-state index contributed by atoms with van der Waals surface area (Å²) in [5, 5.41) is 2.16. The van der Waals surface area contributed by atoms with E-state index in [2.05, 4.69) is 5.32 Å². The summed E-state index contributed by atoms with van der Waals surface area (Å²) in [4.78, 5) is 11.3. The Hall–Kier alpha value is -1.27. The Bertz CT molecular complexity index is 427. The number of amides is 1. The molecule has 0 fully saturated rings. The van der Waals surface area contributed by atoms with Gasteiger partial charge in [0.25, 0.3) is 0 Å². The first-order chi connectivity index (χ1) is 7.90. The van der Waals surface area contributed by atoms with Gasteiger partial charge in [-0.25, -0.2) is 13.2 Å².